The molecule has 0 aromatic heterocycles. The minimum atomic E-state index is -4.32. The SMILES string of the molecule is Cc1ccc(NN)cc1C(F)(F)F. The van der Waals surface area contributed by atoms with Crippen molar-refractivity contribution in [1.82, 2.24) is 0 Å². The van der Waals surface area contributed by atoms with Gasteiger partial charge in [0.1, 0.15) is 0 Å². The van der Waals surface area contributed by atoms with Gasteiger partial charge in [0.2, 0.25) is 0 Å². The van der Waals surface area contributed by atoms with Crippen LogP contribution in [0.25, 0.3) is 0 Å². The molecule has 1 rings (SSSR count). The minimum Gasteiger partial charge on any atom is -0.324 e. The molecule has 0 atom stereocenters. The topological polar surface area (TPSA) is 38.0 Å². The molecule has 0 saturated heterocycles. The molecule has 0 spiro atoms. The third-order valence-electron chi connectivity index (χ3n) is 1.71. The van der Waals surface area contributed by atoms with Crippen LogP contribution in [-0.4, -0.2) is 0 Å². The lowest BCUT2D eigenvalue weighted by molar-refractivity contribution is -0.138. The van der Waals surface area contributed by atoms with E-state index in [0.29, 0.717) is 0 Å². The fourth-order valence-corrected chi connectivity index (χ4v) is 1.02. The smallest absolute Gasteiger partial charge is 0.324 e. The molecule has 0 saturated carbocycles. The van der Waals surface area contributed by atoms with Gasteiger partial charge in [-0.1, -0.05) is 6.07 Å². The molecule has 0 amide bonds. The summed E-state index contributed by atoms with van der Waals surface area (Å²) in [6, 6.07) is 3.85. The Balaban J connectivity index is 3.19. The van der Waals surface area contributed by atoms with E-state index in [9.17, 15) is 13.2 Å². The summed E-state index contributed by atoms with van der Waals surface area (Å²) >= 11 is 0. The van der Waals surface area contributed by atoms with E-state index in [1.165, 1.54) is 19.1 Å². The highest BCUT2D eigenvalue weighted by atomic mass is 19.4. The van der Waals surface area contributed by atoms with Crippen molar-refractivity contribution in [2.75, 3.05) is 5.43 Å². The van der Waals surface area contributed by atoms with Gasteiger partial charge in [-0.2, -0.15) is 13.2 Å². The molecule has 0 aliphatic carbocycles. The fourth-order valence-electron chi connectivity index (χ4n) is 1.02. The summed E-state index contributed by atoms with van der Waals surface area (Å²) in [4.78, 5) is 0. The maximum atomic E-state index is 12.3. The summed E-state index contributed by atoms with van der Waals surface area (Å²) in [7, 11) is 0. The van der Waals surface area contributed by atoms with Gasteiger partial charge in [-0.05, 0) is 24.6 Å². The Morgan fingerprint density at radius 3 is 2.38 bits per heavy atom. The van der Waals surface area contributed by atoms with Crippen LogP contribution in [0.4, 0.5) is 18.9 Å². The van der Waals surface area contributed by atoms with Gasteiger partial charge in [-0.3, -0.25) is 5.84 Å². The van der Waals surface area contributed by atoms with E-state index >= 15 is 0 Å². The first-order valence-corrected chi connectivity index (χ1v) is 3.59. The molecule has 72 valence electrons. The number of hydrazine groups is 1. The Kier molecular flexibility index (Phi) is 2.47. The maximum Gasteiger partial charge on any atom is 0.416 e. The molecule has 13 heavy (non-hydrogen) atoms. The van der Waals surface area contributed by atoms with Gasteiger partial charge in [0.05, 0.1) is 5.56 Å². The first-order chi connectivity index (χ1) is 5.95. The van der Waals surface area contributed by atoms with E-state index in [0.717, 1.165) is 6.07 Å². The lowest BCUT2D eigenvalue weighted by Crippen LogP contribution is -2.11. The second-order valence-electron chi connectivity index (χ2n) is 2.67. The molecule has 1 aromatic rings. The van der Waals surface area contributed by atoms with Crippen molar-refractivity contribution in [2.45, 2.75) is 13.1 Å². The van der Waals surface area contributed by atoms with Crippen LogP contribution in [0.5, 0.6) is 0 Å². The first kappa shape index (κ1) is 9.85. The number of aryl methyl sites for hydroxylation is 1. The number of hydrogen-bond donors (Lipinski definition) is 2. The van der Waals surface area contributed by atoms with Crippen LogP contribution in [0, 0.1) is 6.92 Å². The molecule has 2 nitrogen and oxygen atoms in total. The van der Waals surface area contributed by atoms with Crippen molar-refractivity contribution >= 4 is 5.69 Å². The first-order valence-electron chi connectivity index (χ1n) is 3.59. The van der Waals surface area contributed by atoms with Crippen molar-refractivity contribution in [3.8, 4) is 0 Å². The Hall–Kier alpha value is -1.23. The van der Waals surface area contributed by atoms with Gasteiger partial charge in [0, 0.05) is 5.69 Å². The zero-order valence-electron chi connectivity index (χ0n) is 6.94. The van der Waals surface area contributed by atoms with Crippen LogP contribution in [0.3, 0.4) is 0 Å². The number of anilines is 1. The zero-order chi connectivity index (χ0) is 10.1. The lowest BCUT2D eigenvalue weighted by Gasteiger charge is -2.11. The van der Waals surface area contributed by atoms with Gasteiger partial charge in [0.15, 0.2) is 0 Å². The Bertz CT molecular complexity index is 307. The molecule has 1 aromatic carbocycles. The van der Waals surface area contributed by atoms with Crippen molar-refractivity contribution in [2.24, 2.45) is 5.84 Å². The van der Waals surface area contributed by atoms with E-state index in [1.807, 2.05) is 0 Å². The number of nitrogens with one attached hydrogen (secondary N) is 1. The van der Waals surface area contributed by atoms with Crippen LogP contribution in [0.1, 0.15) is 11.1 Å². The highest BCUT2D eigenvalue weighted by Crippen LogP contribution is 2.33. The Labute approximate surface area is 73.5 Å². The van der Waals surface area contributed by atoms with Crippen molar-refractivity contribution in [3.63, 3.8) is 0 Å². The second kappa shape index (κ2) is 3.26. The van der Waals surface area contributed by atoms with Crippen LogP contribution in [-0.2, 0) is 6.18 Å². The summed E-state index contributed by atoms with van der Waals surface area (Å²) in [5, 5.41) is 0. The third kappa shape index (κ3) is 2.12. The van der Waals surface area contributed by atoms with E-state index in [2.05, 4.69) is 5.43 Å². The highest BCUT2D eigenvalue weighted by Gasteiger charge is 2.32. The van der Waals surface area contributed by atoms with Gasteiger partial charge >= 0.3 is 6.18 Å². The molecule has 0 aliphatic heterocycles. The van der Waals surface area contributed by atoms with Gasteiger partial charge < -0.3 is 5.43 Å². The summed E-state index contributed by atoms with van der Waals surface area (Å²) in [6.07, 6.45) is -4.32. The van der Waals surface area contributed by atoms with Crippen LogP contribution < -0.4 is 11.3 Å². The van der Waals surface area contributed by atoms with Crippen LogP contribution >= 0.6 is 0 Å². The average molecular weight is 190 g/mol. The number of halogens is 3. The van der Waals surface area contributed by atoms with Crippen molar-refractivity contribution in [1.29, 1.82) is 0 Å². The summed E-state index contributed by atoms with van der Waals surface area (Å²) in [5.41, 5.74) is 1.94. The number of nitrogen functional groups attached to an aromatic ring is 1. The normalized spacial score (nSPS) is 11.5. The highest BCUT2D eigenvalue weighted by molar-refractivity contribution is 5.48. The Morgan fingerprint density at radius 2 is 1.92 bits per heavy atom. The average Bonchev–Trinajstić information content (AvgIpc) is 2.03. The van der Waals surface area contributed by atoms with Gasteiger partial charge in [-0.15, -0.1) is 0 Å². The van der Waals surface area contributed by atoms with Gasteiger partial charge in [0.25, 0.3) is 0 Å². The number of alkyl halides is 3. The zero-order valence-corrected chi connectivity index (χ0v) is 6.94. The predicted molar refractivity (Wildman–Crippen MR) is 44.0 cm³/mol. The van der Waals surface area contributed by atoms with Crippen LogP contribution in [0.2, 0.25) is 0 Å². The number of hydrogen-bond acceptors (Lipinski definition) is 2. The van der Waals surface area contributed by atoms with E-state index < -0.39 is 11.7 Å². The monoisotopic (exact) mass is 190 g/mol. The van der Waals surface area contributed by atoms with Gasteiger partial charge in [-0.25, -0.2) is 0 Å². The van der Waals surface area contributed by atoms with Crippen LogP contribution in [0.15, 0.2) is 18.2 Å². The molecule has 0 radical (unpaired) electrons. The van der Waals surface area contributed by atoms with Crippen molar-refractivity contribution < 1.29 is 13.2 Å². The molecular formula is C8H9F3N2. The molecule has 0 fully saturated rings. The minimum absolute atomic E-state index is 0.187. The second-order valence-corrected chi connectivity index (χ2v) is 2.67. The molecule has 0 heterocycles. The predicted octanol–water partition coefficient (Wildman–Crippen LogP) is 2.30. The third-order valence-corrected chi connectivity index (χ3v) is 1.71. The molecule has 0 bridgehead atoms. The van der Waals surface area contributed by atoms with E-state index in [4.69, 9.17) is 5.84 Å². The lowest BCUT2D eigenvalue weighted by atomic mass is 10.1. The summed E-state index contributed by atoms with van der Waals surface area (Å²) in [5.74, 6) is 4.99. The summed E-state index contributed by atoms with van der Waals surface area (Å²) < 4.78 is 36.9. The largest absolute Gasteiger partial charge is 0.416 e. The van der Waals surface area contributed by atoms with E-state index in [1.54, 1.807) is 0 Å². The van der Waals surface area contributed by atoms with E-state index in [-0.39, 0.29) is 11.3 Å². The van der Waals surface area contributed by atoms with Crippen molar-refractivity contribution in [3.05, 3.63) is 29.3 Å². The fraction of sp³-hybridized carbons (Fsp3) is 0.250. The number of nitrogens with two attached hydrogens (primary N) is 1. The standard InChI is InChI=1S/C8H9F3N2/c1-5-2-3-6(13-12)4-7(5)8(9,10)11/h2-4,13H,12H2,1H3. The quantitative estimate of drug-likeness (QED) is 0.526. The molecule has 0 aliphatic rings. The Morgan fingerprint density at radius 1 is 1.31 bits per heavy atom. The molecule has 0 unspecified atom stereocenters. The molecular weight excluding hydrogens is 181 g/mol. The summed E-state index contributed by atoms with van der Waals surface area (Å²) in [6.45, 7) is 1.41. The number of benzene rings is 1. The molecule has 3 N–H and O–H groups in total. The molecule has 5 heteroatoms. The maximum absolute atomic E-state index is 12.3. The number of rotatable bonds is 1.